The van der Waals surface area contributed by atoms with Crippen molar-refractivity contribution in [2.45, 2.75) is 12.8 Å². The Morgan fingerprint density at radius 3 is 2.82 bits per heavy atom. The van der Waals surface area contributed by atoms with Gasteiger partial charge >= 0.3 is 0 Å². The molecule has 0 aliphatic carbocycles. The average Bonchev–Trinajstić information content (AvgIpc) is 2.52. The second-order valence-corrected chi connectivity index (χ2v) is 5.31. The van der Waals surface area contributed by atoms with Crippen molar-refractivity contribution in [1.29, 1.82) is 0 Å². The van der Waals surface area contributed by atoms with E-state index in [-0.39, 0.29) is 5.41 Å². The molecule has 2 N–H and O–H groups in total. The van der Waals surface area contributed by atoms with Gasteiger partial charge in [-0.25, -0.2) is 4.98 Å². The highest BCUT2D eigenvalue weighted by Gasteiger charge is 2.34. The summed E-state index contributed by atoms with van der Waals surface area (Å²) in [5.41, 5.74) is 1.28. The highest BCUT2D eigenvalue weighted by molar-refractivity contribution is 6.30. The molecule has 0 bridgehead atoms. The first-order valence-electron chi connectivity index (χ1n) is 5.99. The lowest BCUT2D eigenvalue weighted by Crippen LogP contribution is -2.40. The Morgan fingerprint density at radius 1 is 1.24 bits per heavy atom. The van der Waals surface area contributed by atoms with E-state index in [9.17, 15) is 0 Å². The van der Waals surface area contributed by atoms with Crippen LogP contribution in [0.4, 0.5) is 11.5 Å². The minimum absolute atomic E-state index is 0.283. The van der Waals surface area contributed by atoms with Crippen molar-refractivity contribution in [1.82, 2.24) is 4.98 Å². The number of nitrogens with zero attached hydrogens (tertiary/aromatic N) is 1. The van der Waals surface area contributed by atoms with Crippen LogP contribution in [0.5, 0.6) is 0 Å². The maximum atomic E-state index is 5.96. The minimum atomic E-state index is 0.283. The first kappa shape index (κ1) is 11.1. The van der Waals surface area contributed by atoms with Crippen molar-refractivity contribution < 1.29 is 4.74 Å². The number of rotatable bonds is 0. The molecule has 3 rings (SSSR count). The summed E-state index contributed by atoms with van der Waals surface area (Å²) >= 11 is 5.96. The first-order valence-corrected chi connectivity index (χ1v) is 6.36. The number of nitrogens with one attached hydrogen (secondary N) is 2. The van der Waals surface area contributed by atoms with Crippen LogP contribution in [0, 0.1) is 5.41 Å². The van der Waals surface area contributed by atoms with E-state index in [0.717, 1.165) is 50.7 Å². The van der Waals surface area contributed by atoms with Crippen LogP contribution in [-0.4, -0.2) is 31.3 Å². The van der Waals surface area contributed by atoms with Crippen molar-refractivity contribution in [2.75, 3.05) is 36.9 Å². The minimum Gasteiger partial charge on any atom is -0.381 e. The Kier molecular flexibility index (Phi) is 2.84. The van der Waals surface area contributed by atoms with Gasteiger partial charge in [0, 0.05) is 37.9 Å². The summed E-state index contributed by atoms with van der Waals surface area (Å²) in [5.74, 6) is 0.901. The van der Waals surface area contributed by atoms with Gasteiger partial charge in [0.2, 0.25) is 0 Å². The molecular weight excluding hydrogens is 238 g/mol. The lowest BCUT2D eigenvalue weighted by atomic mass is 9.80. The van der Waals surface area contributed by atoms with Gasteiger partial charge in [-0.3, -0.25) is 0 Å². The molecule has 3 heterocycles. The topological polar surface area (TPSA) is 46.2 Å². The molecule has 0 atom stereocenters. The molecule has 2 aliphatic heterocycles. The molecule has 1 aromatic rings. The molecule has 17 heavy (non-hydrogen) atoms. The molecule has 0 radical (unpaired) electrons. The summed E-state index contributed by atoms with van der Waals surface area (Å²) < 4.78 is 5.44. The molecule has 0 amide bonds. The Bertz CT molecular complexity index is 418. The van der Waals surface area contributed by atoms with Crippen LogP contribution in [0.3, 0.4) is 0 Å². The summed E-state index contributed by atoms with van der Waals surface area (Å²) in [6, 6.07) is 1.93. The Balaban J connectivity index is 1.82. The standard InChI is InChI=1S/C12H16ClN3O/c13-9-5-10-11(14-6-9)16-8-12(7-15-10)1-3-17-4-2-12/h5-6,15H,1-4,7-8H2,(H,14,16). The van der Waals surface area contributed by atoms with Crippen LogP contribution < -0.4 is 10.6 Å². The van der Waals surface area contributed by atoms with Crippen molar-refractivity contribution in [3.8, 4) is 0 Å². The molecule has 0 unspecified atom stereocenters. The number of hydrogen-bond acceptors (Lipinski definition) is 4. The summed E-state index contributed by atoms with van der Waals surface area (Å²) in [7, 11) is 0. The SMILES string of the molecule is Clc1cnc2c(c1)NCC1(CCOCC1)CN2. The van der Waals surface area contributed by atoms with E-state index in [1.807, 2.05) is 6.07 Å². The fraction of sp³-hybridized carbons (Fsp3) is 0.583. The third-order valence-corrected chi connectivity index (χ3v) is 3.90. The maximum absolute atomic E-state index is 5.96. The summed E-state index contributed by atoms with van der Waals surface area (Å²) in [4.78, 5) is 4.32. The molecule has 2 aliphatic rings. The average molecular weight is 254 g/mol. The van der Waals surface area contributed by atoms with Gasteiger partial charge in [0.1, 0.15) is 5.82 Å². The van der Waals surface area contributed by atoms with E-state index in [4.69, 9.17) is 16.3 Å². The van der Waals surface area contributed by atoms with Crippen molar-refractivity contribution in [3.05, 3.63) is 17.3 Å². The van der Waals surface area contributed by atoms with Gasteiger partial charge in [-0.15, -0.1) is 0 Å². The van der Waals surface area contributed by atoms with Gasteiger partial charge in [-0.2, -0.15) is 0 Å². The Labute approximate surface area is 106 Å². The van der Waals surface area contributed by atoms with Gasteiger partial charge in [0.15, 0.2) is 0 Å². The lowest BCUT2D eigenvalue weighted by molar-refractivity contribution is 0.0276. The number of halogens is 1. The van der Waals surface area contributed by atoms with Gasteiger partial charge < -0.3 is 15.4 Å². The fourth-order valence-electron chi connectivity index (χ4n) is 2.49. The Morgan fingerprint density at radius 2 is 2.00 bits per heavy atom. The van der Waals surface area contributed by atoms with Crippen molar-refractivity contribution >= 4 is 23.1 Å². The molecule has 1 saturated heterocycles. The molecule has 92 valence electrons. The highest BCUT2D eigenvalue weighted by atomic mass is 35.5. The largest absolute Gasteiger partial charge is 0.381 e. The summed E-state index contributed by atoms with van der Waals surface area (Å²) in [6.45, 7) is 3.62. The predicted octanol–water partition coefficient (Wildman–Crippen LogP) is 2.37. The van der Waals surface area contributed by atoms with E-state index in [1.54, 1.807) is 6.20 Å². The quantitative estimate of drug-likeness (QED) is 0.745. The zero-order chi connectivity index (χ0) is 11.7. The number of anilines is 2. The Hall–Kier alpha value is -1.00. The third-order valence-electron chi connectivity index (χ3n) is 3.69. The monoisotopic (exact) mass is 253 g/mol. The third kappa shape index (κ3) is 2.19. The van der Waals surface area contributed by atoms with E-state index in [2.05, 4.69) is 15.6 Å². The number of hydrogen-bond donors (Lipinski definition) is 2. The van der Waals surface area contributed by atoms with Crippen LogP contribution in [0.1, 0.15) is 12.8 Å². The molecule has 5 heteroatoms. The van der Waals surface area contributed by atoms with Gasteiger partial charge in [-0.05, 0) is 18.9 Å². The second kappa shape index (κ2) is 4.35. The van der Waals surface area contributed by atoms with E-state index >= 15 is 0 Å². The zero-order valence-electron chi connectivity index (χ0n) is 9.63. The van der Waals surface area contributed by atoms with Crippen LogP contribution in [0.15, 0.2) is 12.3 Å². The highest BCUT2D eigenvalue weighted by Crippen LogP contribution is 2.35. The molecular formula is C12H16ClN3O. The predicted molar refractivity (Wildman–Crippen MR) is 68.7 cm³/mol. The molecule has 4 nitrogen and oxygen atoms in total. The van der Waals surface area contributed by atoms with E-state index < -0.39 is 0 Å². The molecule has 1 aromatic heterocycles. The van der Waals surface area contributed by atoms with Crippen LogP contribution in [0.2, 0.25) is 5.02 Å². The van der Waals surface area contributed by atoms with Crippen LogP contribution >= 0.6 is 11.6 Å². The lowest BCUT2D eigenvalue weighted by Gasteiger charge is -2.36. The molecule has 0 aromatic carbocycles. The van der Waals surface area contributed by atoms with Crippen molar-refractivity contribution in [3.63, 3.8) is 0 Å². The van der Waals surface area contributed by atoms with Crippen LogP contribution in [-0.2, 0) is 4.74 Å². The number of ether oxygens (including phenoxy) is 1. The molecule has 1 fully saturated rings. The fourth-order valence-corrected chi connectivity index (χ4v) is 2.65. The number of pyridine rings is 1. The smallest absolute Gasteiger partial charge is 0.149 e. The first-order chi connectivity index (χ1) is 8.27. The number of aromatic nitrogens is 1. The van der Waals surface area contributed by atoms with Gasteiger partial charge in [-0.1, -0.05) is 11.6 Å². The second-order valence-electron chi connectivity index (χ2n) is 4.87. The van der Waals surface area contributed by atoms with E-state index in [1.165, 1.54) is 0 Å². The molecule has 0 saturated carbocycles. The normalized spacial score (nSPS) is 22.2. The van der Waals surface area contributed by atoms with Crippen LogP contribution in [0.25, 0.3) is 0 Å². The maximum Gasteiger partial charge on any atom is 0.149 e. The summed E-state index contributed by atoms with van der Waals surface area (Å²) in [6.07, 6.45) is 3.86. The summed E-state index contributed by atoms with van der Waals surface area (Å²) in [5, 5.41) is 7.55. The number of fused-ring (bicyclic) bond motifs is 1. The van der Waals surface area contributed by atoms with E-state index in [0.29, 0.717) is 5.02 Å². The van der Waals surface area contributed by atoms with Gasteiger partial charge in [0.25, 0.3) is 0 Å². The molecule has 1 spiro atoms. The van der Waals surface area contributed by atoms with Crippen molar-refractivity contribution in [2.24, 2.45) is 5.41 Å². The van der Waals surface area contributed by atoms with Gasteiger partial charge in [0.05, 0.1) is 10.7 Å². The zero-order valence-corrected chi connectivity index (χ0v) is 10.4.